The molecule has 1 saturated carbocycles. The second kappa shape index (κ2) is 7.26. The van der Waals surface area contributed by atoms with Crippen molar-refractivity contribution in [2.45, 2.75) is 58.5 Å². The highest BCUT2D eigenvalue weighted by molar-refractivity contribution is 9.10. The molecule has 3 N–H and O–H groups in total. The third kappa shape index (κ3) is 3.69. The van der Waals surface area contributed by atoms with Gasteiger partial charge in [-0.15, -0.1) is 0 Å². The standard InChI is InChI=1S/C18H28BrNO/c1-3-4-14-7-9-18(12-20,10-8-14)17(21)15-5-6-16(19)13(2)11-15/h5-6,11,14,17,21H,3-4,7-10,12,20H2,1-2H3. The van der Waals surface area contributed by atoms with E-state index >= 15 is 0 Å². The number of hydrogen-bond acceptors (Lipinski definition) is 2. The monoisotopic (exact) mass is 353 g/mol. The second-order valence-electron chi connectivity index (χ2n) is 6.71. The Morgan fingerprint density at radius 3 is 2.57 bits per heavy atom. The number of benzene rings is 1. The van der Waals surface area contributed by atoms with Crippen LogP contribution in [0.2, 0.25) is 0 Å². The highest BCUT2D eigenvalue weighted by Crippen LogP contribution is 2.48. The van der Waals surface area contributed by atoms with E-state index in [1.165, 1.54) is 31.2 Å². The summed E-state index contributed by atoms with van der Waals surface area (Å²) in [6, 6.07) is 6.14. The maximum atomic E-state index is 10.9. The van der Waals surface area contributed by atoms with E-state index in [1.807, 2.05) is 12.1 Å². The zero-order valence-corrected chi connectivity index (χ0v) is 14.8. The maximum absolute atomic E-state index is 10.9. The van der Waals surface area contributed by atoms with E-state index in [9.17, 15) is 5.11 Å². The van der Waals surface area contributed by atoms with Gasteiger partial charge in [-0.05, 0) is 55.7 Å². The molecule has 21 heavy (non-hydrogen) atoms. The molecule has 0 heterocycles. The van der Waals surface area contributed by atoms with Crippen molar-refractivity contribution in [2.24, 2.45) is 17.1 Å². The summed E-state index contributed by atoms with van der Waals surface area (Å²) in [6.45, 7) is 4.89. The van der Waals surface area contributed by atoms with Gasteiger partial charge in [0, 0.05) is 16.4 Å². The summed E-state index contributed by atoms with van der Waals surface area (Å²) in [5.41, 5.74) is 8.13. The van der Waals surface area contributed by atoms with Gasteiger partial charge in [-0.1, -0.05) is 47.8 Å². The third-order valence-corrected chi connectivity index (χ3v) is 6.17. The lowest BCUT2D eigenvalue weighted by molar-refractivity contribution is -0.0108. The normalized spacial score (nSPS) is 27.6. The molecule has 1 aromatic carbocycles. The Bertz CT molecular complexity index is 466. The van der Waals surface area contributed by atoms with Crippen molar-refractivity contribution in [2.75, 3.05) is 6.54 Å². The molecule has 3 heteroatoms. The number of hydrogen-bond donors (Lipinski definition) is 2. The fourth-order valence-electron chi connectivity index (χ4n) is 3.73. The van der Waals surface area contributed by atoms with Crippen LogP contribution in [0.25, 0.3) is 0 Å². The summed E-state index contributed by atoms with van der Waals surface area (Å²) in [6.07, 6.45) is 6.63. The molecule has 1 aliphatic carbocycles. The summed E-state index contributed by atoms with van der Waals surface area (Å²) in [4.78, 5) is 0. The van der Waals surface area contributed by atoms with Gasteiger partial charge in [0.15, 0.2) is 0 Å². The van der Waals surface area contributed by atoms with Crippen LogP contribution in [-0.2, 0) is 0 Å². The Morgan fingerprint density at radius 2 is 2.05 bits per heavy atom. The Hall–Kier alpha value is -0.380. The molecule has 118 valence electrons. The summed E-state index contributed by atoms with van der Waals surface area (Å²) in [7, 11) is 0. The molecule has 1 aromatic rings. The van der Waals surface area contributed by atoms with E-state index in [0.29, 0.717) is 6.54 Å². The van der Waals surface area contributed by atoms with Crippen LogP contribution in [0.1, 0.15) is 62.7 Å². The third-order valence-electron chi connectivity index (χ3n) is 5.28. The van der Waals surface area contributed by atoms with Crippen LogP contribution < -0.4 is 5.73 Å². The van der Waals surface area contributed by atoms with Crippen molar-refractivity contribution in [3.05, 3.63) is 33.8 Å². The van der Waals surface area contributed by atoms with E-state index in [2.05, 4.69) is 35.8 Å². The predicted octanol–water partition coefficient (Wildman–Crippen LogP) is 4.73. The zero-order valence-electron chi connectivity index (χ0n) is 13.2. The molecule has 0 amide bonds. The molecule has 1 fully saturated rings. The van der Waals surface area contributed by atoms with Crippen molar-refractivity contribution in [1.82, 2.24) is 0 Å². The quantitative estimate of drug-likeness (QED) is 0.803. The molecular weight excluding hydrogens is 326 g/mol. The molecule has 1 aliphatic rings. The van der Waals surface area contributed by atoms with Crippen LogP contribution in [0.15, 0.2) is 22.7 Å². The summed E-state index contributed by atoms with van der Waals surface area (Å²) in [5.74, 6) is 0.827. The van der Waals surface area contributed by atoms with Gasteiger partial charge in [-0.25, -0.2) is 0 Å². The average molecular weight is 354 g/mol. The van der Waals surface area contributed by atoms with Gasteiger partial charge in [-0.2, -0.15) is 0 Å². The van der Waals surface area contributed by atoms with Crippen LogP contribution in [0.4, 0.5) is 0 Å². The van der Waals surface area contributed by atoms with Crippen molar-refractivity contribution in [1.29, 1.82) is 0 Å². The van der Waals surface area contributed by atoms with E-state index in [-0.39, 0.29) is 5.41 Å². The first kappa shape index (κ1) is 17.0. The van der Waals surface area contributed by atoms with Crippen molar-refractivity contribution in [3.8, 4) is 0 Å². The first-order valence-corrected chi connectivity index (χ1v) is 8.96. The maximum Gasteiger partial charge on any atom is 0.0858 e. The molecule has 0 aromatic heterocycles. The van der Waals surface area contributed by atoms with Crippen molar-refractivity contribution >= 4 is 15.9 Å². The smallest absolute Gasteiger partial charge is 0.0858 e. The van der Waals surface area contributed by atoms with E-state index < -0.39 is 6.10 Å². The lowest BCUT2D eigenvalue weighted by atomic mass is 9.65. The Kier molecular flexibility index (Phi) is 5.87. The Morgan fingerprint density at radius 1 is 1.38 bits per heavy atom. The van der Waals surface area contributed by atoms with Crippen molar-refractivity contribution in [3.63, 3.8) is 0 Å². The lowest BCUT2D eigenvalue weighted by Crippen LogP contribution is -2.40. The van der Waals surface area contributed by atoms with Gasteiger partial charge in [0.2, 0.25) is 0 Å². The molecule has 1 atom stereocenters. The van der Waals surface area contributed by atoms with Gasteiger partial charge >= 0.3 is 0 Å². The molecule has 0 saturated heterocycles. The predicted molar refractivity (Wildman–Crippen MR) is 92.2 cm³/mol. The minimum absolute atomic E-state index is 0.134. The highest BCUT2D eigenvalue weighted by Gasteiger charge is 2.40. The zero-order chi connectivity index (χ0) is 15.5. The number of aliphatic hydroxyl groups is 1. The summed E-state index contributed by atoms with van der Waals surface area (Å²) < 4.78 is 1.09. The first-order valence-electron chi connectivity index (χ1n) is 8.16. The Balaban J connectivity index is 2.15. The minimum Gasteiger partial charge on any atom is -0.388 e. The number of rotatable bonds is 5. The molecular formula is C18H28BrNO. The van der Waals surface area contributed by atoms with Crippen LogP contribution in [0.3, 0.4) is 0 Å². The topological polar surface area (TPSA) is 46.2 Å². The van der Waals surface area contributed by atoms with Crippen LogP contribution in [-0.4, -0.2) is 11.7 Å². The van der Waals surface area contributed by atoms with E-state index in [1.54, 1.807) is 0 Å². The molecule has 0 spiro atoms. The van der Waals surface area contributed by atoms with Gasteiger partial charge in [-0.3, -0.25) is 0 Å². The number of aliphatic hydroxyl groups excluding tert-OH is 1. The minimum atomic E-state index is -0.447. The van der Waals surface area contributed by atoms with Gasteiger partial charge in [0.05, 0.1) is 6.10 Å². The first-order chi connectivity index (χ1) is 10.0. The van der Waals surface area contributed by atoms with Gasteiger partial charge < -0.3 is 10.8 Å². The van der Waals surface area contributed by atoms with Crippen molar-refractivity contribution < 1.29 is 5.11 Å². The highest BCUT2D eigenvalue weighted by atomic mass is 79.9. The Labute approximate surface area is 137 Å². The molecule has 0 radical (unpaired) electrons. The summed E-state index contributed by atoms with van der Waals surface area (Å²) >= 11 is 3.52. The van der Waals surface area contributed by atoms with E-state index in [0.717, 1.165) is 28.8 Å². The number of aryl methyl sites for hydroxylation is 1. The fraction of sp³-hybridized carbons (Fsp3) is 0.667. The number of nitrogens with two attached hydrogens (primary N) is 1. The molecule has 2 rings (SSSR count). The second-order valence-corrected chi connectivity index (χ2v) is 7.56. The average Bonchev–Trinajstić information content (AvgIpc) is 2.51. The molecule has 0 bridgehead atoms. The molecule has 1 unspecified atom stereocenters. The molecule has 0 aliphatic heterocycles. The SMILES string of the molecule is CCCC1CCC(CN)(C(O)c2ccc(Br)c(C)c2)CC1. The molecule has 2 nitrogen and oxygen atoms in total. The van der Waals surface area contributed by atoms with Gasteiger partial charge in [0.25, 0.3) is 0 Å². The van der Waals surface area contributed by atoms with Gasteiger partial charge in [0.1, 0.15) is 0 Å². The van der Waals surface area contributed by atoms with Crippen LogP contribution in [0, 0.1) is 18.3 Å². The van der Waals surface area contributed by atoms with Crippen LogP contribution >= 0.6 is 15.9 Å². The van der Waals surface area contributed by atoms with E-state index in [4.69, 9.17) is 5.73 Å². The fourth-order valence-corrected chi connectivity index (χ4v) is 3.98. The summed E-state index contributed by atoms with van der Waals surface area (Å²) in [5, 5.41) is 10.9. The number of halogens is 1. The van der Waals surface area contributed by atoms with Crippen LogP contribution in [0.5, 0.6) is 0 Å². The lowest BCUT2D eigenvalue weighted by Gasteiger charge is -2.43. The largest absolute Gasteiger partial charge is 0.388 e.